The highest BCUT2D eigenvalue weighted by Gasteiger charge is 2.21. The minimum Gasteiger partial charge on any atom is -0.350 e. The van der Waals surface area contributed by atoms with Gasteiger partial charge in [-0.2, -0.15) is 5.10 Å². The quantitative estimate of drug-likeness (QED) is 0.557. The smallest absolute Gasteiger partial charge is 0.223 e. The van der Waals surface area contributed by atoms with Gasteiger partial charge in [0.05, 0.1) is 11.9 Å². The number of hydrogen-bond acceptors (Lipinski definition) is 6. The van der Waals surface area contributed by atoms with Crippen LogP contribution in [0.1, 0.15) is 22.3 Å². The Morgan fingerprint density at radius 1 is 0.967 bits per heavy atom. The number of nitrogens with zero attached hydrogens (tertiary/aromatic N) is 6. The maximum Gasteiger partial charge on any atom is 0.223 e. The second-order valence-electron chi connectivity index (χ2n) is 7.61. The second kappa shape index (κ2) is 8.04. The van der Waals surface area contributed by atoms with Crippen LogP contribution in [0.25, 0.3) is 11.3 Å². The van der Waals surface area contributed by atoms with Crippen molar-refractivity contribution < 1.29 is 0 Å². The minimum atomic E-state index is 0.633. The predicted molar refractivity (Wildman–Crippen MR) is 115 cm³/mol. The third-order valence-corrected chi connectivity index (χ3v) is 5.26. The predicted octanol–water partition coefficient (Wildman–Crippen LogP) is 3.40. The summed E-state index contributed by atoms with van der Waals surface area (Å²) < 4.78 is 1.85. The van der Waals surface area contributed by atoms with E-state index in [9.17, 15) is 0 Å². The van der Waals surface area contributed by atoms with E-state index in [1.54, 1.807) is 6.20 Å². The highest BCUT2D eigenvalue weighted by Crippen LogP contribution is 2.32. The SMILES string of the molecule is Cn1cc(CN2Cc3ccccc3-c3nc(NCc4cccnc4)ncc3C2)cn1. The Morgan fingerprint density at radius 3 is 2.70 bits per heavy atom. The van der Waals surface area contributed by atoms with E-state index >= 15 is 0 Å². The van der Waals surface area contributed by atoms with E-state index < -0.39 is 0 Å². The normalized spacial score (nSPS) is 13.4. The topological polar surface area (TPSA) is 71.8 Å². The van der Waals surface area contributed by atoms with Gasteiger partial charge in [0.2, 0.25) is 5.95 Å². The van der Waals surface area contributed by atoms with Crippen molar-refractivity contribution in [1.29, 1.82) is 0 Å². The van der Waals surface area contributed by atoms with Crippen molar-refractivity contribution in [2.75, 3.05) is 5.32 Å². The first kappa shape index (κ1) is 18.4. The van der Waals surface area contributed by atoms with Crippen LogP contribution >= 0.6 is 0 Å². The Hall–Kier alpha value is -3.58. The fraction of sp³-hybridized carbons (Fsp3) is 0.217. The number of anilines is 1. The fourth-order valence-corrected chi connectivity index (χ4v) is 3.88. The summed E-state index contributed by atoms with van der Waals surface area (Å²) in [5, 5.41) is 7.63. The van der Waals surface area contributed by atoms with Gasteiger partial charge in [-0.25, -0.2) is 9.97 Å². The minimum absolute atomic E-state index is 0.633. The third-order valence-electron chi connectivity index (χ3n) is 5.26. The molecule has 4 aromatic rings. The van der Waals surface area contributed by atoms with Gasteiger partial charge in [0.15, 0.2) is 0 Å². The van der Waals surface area contributed by atoms with E-state index in [0.29, 0.717) is 12.5 Å². The maximum absolute atomic E-state index is 4.89. The molecule has 0 radical (unpaired) electrons. The number of rotatable bonds is 5. The average molecular weight is 397 g/mol. The Morgan fingerprint density at radius 2 is 1.87 bits per heavy atom. The third kappa shape index (κ3) is 3.92. The molecule has 5 rings (SSSR count). The lowest BCUT2D eigenvalue weighted by Gasteiger charge is -2.20. The van der Waals surface area contributed by atoms with Crippen molar-refractivity contribution in [2.24, 2.45) is 7.05 Å². The Kier molecular flexibility index (Phi) is 4.94. The number of aromatic nitrogens is 5. The van der Waals surface area contributed by atoms with Gasteiger partial charge in [-0.15, -0.1) is 0 Å². The molecule has 0 amide bonds. The number of fused-ring (bicyclic) bond motifs is 3. The molecule has 1 N–H and O–H groups in total. The van der Waals surface area contributed by atoms with E-state index in [0.717, 1.165) is 36.5 Å². The fourth-order valence-electron chi connectivity index (χ4n) is 3.88. The Balaban J connectivity index is 1.44. The molecule has 7 nitrogen and oxygen atoms in total. The second-order valence-corrected chi connectivity index (χ2v) is 7.61. The maximum atomic E-state index is 4.89. The first-order valence-electron chi connectivity index (χ1n) is 10.0. The first-order chi connectivity index (χ1) is 14.7. The van der Waals surface area contributed by atoms with Crippen molar-refractivity contribution in [3.05, 3.63) is 89.6 Å². The lowest BCUT2D eigenvalue weighted by Crippen LogP contribution is -2.21. The number of benzene rings is 1. The van der Waals surface area contributed by atoms with E-state index in [-0.39, 0.29) is 0 Å². The molecule has 0 spiro atoms. The number of hydrogen-bond donors (Lipinski definition) is 1. The molecule has 1 aliphatic rings. The summed E-state index contributed by atoms with van der Waals surface area (Å²) in [6.07, 6.45) is 9.57. The standard InChI is InChI=1S/C23H23N7/c1-29-13-18(11-27-29)14-30-15-19-6-2-3-7-21(19)22-20(16-30)12-26-23(28-22)25-10-17-5-4-8-24-9-17/h2-9,11-13H,10,14-16H2,1H3,(H,25,26,28). The van der Waals surface area contributed by atoms with Crippen LogP contribution in [0.4, 0.5) is 5.95 Å². The molecule has 150 valence electrons. The molecule has 4 heterocycles. The van der Waals surface area contributed by atoms with Crippen molar-refractivity contribution in [1.82, 2.24) is 29.6 Å². The van der Waals surface area contributed by atoms with Crippen molar-refractivity contribution in [2.45, 2.75) is 26.2 Å². The molecule has 0 saturated heterocycles. The summed E-state index contributed by atoms with van der Waals surface area (Å²) in [5.74, 6) is 0.633. The number of nitrogens with one attached hydrogen (secondary N) is 1. The number of aryl methyl sites for hydroxylation is 1. The van der Waals surface area contributed by atoms with Gasteiger partial charge in [-0.1, -0.05) is 30.3 Å². The summed E-state index contributed by atoms with van der Waals surface area (Å²) in [4.78, 5) is 16.0. The summed E-state index contributed by atoms with van der Waals surface area (Å²) in [6.45, 7) is 3.13. The van der Waals surface area contributed by atoms with Crippen LogP contribution in [-0.4, -0.2) is 29.6 Å². The highest BCUT2D eigenvalue weighted by atomic mass is 15.2. The van der Waals surface area contributed by atoms with Gasteiger partial charge >= 0.3 is 0 Å². The van der Waals surface area contributed by atoms with Gasteiger partial charge < -0.3 is 5.32 Å². The van der Waals surface area contributed by atoms with Crippen LogP contribution in [0.3, 0.4) is 0 Å². The molecule has 0 atom stereocenters. The molecule has 30 heavy (non-hydrogen) atoms. The molecular formula is C23H23N7. The molecule has 0 fully saturated rings. The molecule has 1 aromatic carbocycles. The van der Waals surface area contributed by atoms with Gasteiger partial charge in [-0.3, -0.25) is 14.6 Å². The lowest BCUT2D eigenvalue weighted by atomic mass is 10.0. The van der Waals surface area contributed by atoms with Gasteiger partial charge in [0, 0.05) is 74.7 Å². The Labute approximate surface area is 175 Å². The van der Waals surface area contributed by atoms with Crippen LogP contribution in [-0.2, 0) is 33.2 Å². The van der Waals surface area contributed by atoms with Gasteiger partial charge in [-0.05, 0) is 17.2 Å². The zero-order valence-corrected chi connectivity index (χ0v) is 16.9. The van der Waals surface area contributed by atoms with Gasteiger partial charge in [0.25, 0.3) is 0 Å². The highest BCUT2D eigenvalue weighted by molar-refractivity contribution is 5.68. The van der Waals surface area contributed by atoms with Crippen LogP contribution in [0.5, 0.6) is 0 Å². The van der Waals surface area contributed by atoms with Crippen molar-refractivity contribution in [3.8, 4) is 11.3 Å². The van der Waals surface area contributed by atoms with Crippen molar-refractivity contribution in [3.63, 3.8) is 0 Å². The van der Waals surface area contributed by atoms with Crippen LogP contribution in [0.2, 0.25) is 0 Å². The summed E-state index contributed by atoms with van der Waals surface area (Å²) in [7, 11) is 1.95. The summed E-state index contributed by atoms with van der Waals surface area (Å²) in [5.41, 5.74) is 6.89. The zero-order chi connectivity index (χ0) is 20.3. The molecule has 0 saturated carbocycles. The first-order valence-corrected chi connectivity index (χ1v) is 10.0. The van der Waals surface area contributed by atoms with Crippen LogP contribution in [0, 0.1) is 0 Å². The van der Waals surface area contributed by atoms with Gasteiger partial charge in [0.1, 0.15) is 0 Å². The van der Waals surface area contributed by atoms with E-state index in [1.807, 2.05) is 42.5 Å². The molecule has 3 aromatic heterocycles. The summed E-state index contributed by atoms with van der Waals surface area (Å²) in [6, 6.07) is 12.5. The van der Waals surface area contributed by atoms with E-state index in [4.69, 9.17) is 4.98 Å². The largest absolute Gasteiger partial charge is 0.350 e. The molecule has 0 bridgehead atoms. The summed E-state index contributed by atoms with van der Waals surface area (Å²) >= 11 is 0. The molecular weight excluding hydrogens is 374 g/mol. The molecule has 1 aliphatic heterocycles. The Bertz CT molecular complexity index is 1150. The van der Waals surface area contributed by atoms with Crippen molar-refractivity contribution >= 4 is 5.95 Å². The lowest BCUT2D eigenvalue weighted by molar-refractivity contribution is 0.250. The monoisotopic (exact) mass is 397 g/mol. The molecule has 0 aliphatic carbocycles. The molecule has 7 heteroatoms. The number of pyridine rings is 1. The van der Waals surface area contributed by atoms with E-state index in [1.165, 1.54) is 16.7 Å². The van der Waals surface area contributed by atoms with Crippen LogP contribution in [0.15, 0.2) is 67.4 Å². The van der Waals surface area contributed by atoms with E-state index in [2.05, 4.69) is 55.7 Å². The average Bonchev–Trinajstić information content (AvgIpc) is 3.11. The van der Waals surface area contributed by atoms with Crippen LogP contribution < -0.4 is 5.32 Å². The zero-order valence-electron chi connectivity index (χ0n) is 16.9. The molecule has 0 unspecified atom stereocenters.